The molecule has 1 aromatic heterocycles. The molecule has 1 saturated heterocycles. The van der Waals surface area contributed by atoms with Gasteiger partial charge in [0.15, 0.2) is 4.77 Å². The van der Waals surface area contributed by atoms with Crippen LogP contribution in [0.5, 0.6) is 0 Å². The number of imidazole rings is 1. The van der Waals surface area contributed by atoms with Crippen LogP contribution in [0, 0.1) is 10.6 Å². The molecule has 0 aliphatic carbocycles. The Morgan fingerprint density at radius 3 is 2.07 bits per heavy atom. The molecule has 0 spiro atoms. The summed E-state index contributed by atoms with van der Waals surface area (Å²) in [6.07, 6.45) is 1.56. The van der Waals surface area contributed by atoms with Gasteiger partial charge in [-0.15, -0.1) is 0 Å². The van der Waals surface area contributed by atoms with Crippen molar-refractivity contribution in [1.29, 1.82) is 0 Å². The minimum Gasteiger partial charge on any atom is -0.336 e. The van der Waals surface area contributed by atoms with Crippen molar-refractivity contribution in [1.82, 2.24) is 19.4 Å². The van der Waals surface area contributed by atoms with Crippen molar-refractivity contribution in [2.45, 2.75) is 0 Å². The van der Waals surface area contributed by atoms with Crippen LogP contribution in [0.15, 0.2) is 60.8 Å². The Labute approximate surface area is 172 Å². The average Bonchev–Trinajstić information content (AvgIpc) is 3.15. The van der Waals surface area contributed by atoms with E-state index in [1.54, 1.807) is 44.8 Å². The highest BCUT2D eigenvalue weighted by Crippen LogP contribution is 2.17. The van der Waals surface area contributed by atoms with Crippen LogP contribution in [-0.4, -0.2) is 57.3 Å². The fraction of sp³-hybridized carbons (Fsp3) is 0.190. The summed E-state index contributed by atoms with van der Waals surface area (Å²) < 4.78 is 15.2. The topological polar surface area (TPSA) is 61.3 Å². The summed E-state index contributed by atoms with van der Waals surface area (Å²) in [5.74, 6) is -0.579. The molecule has 148 valence electrons. The number of H-pyrrole nitrogens is 1. The number of nitrogens with zero attached hydrogens (tertiary/aromatic N) is 3. The van der Waals surface area contributed by atoms with E-state index >= 15 is 0 Å². The third kappa shape index (κ3) is 3.84. The van der Waals surface area contributed by atoms with Crippen LogP contribution in [0.1, 0.15) is 20.8 Å². The number of amides is 2. The standard InChI is InChI=1S/C21H19FN4O2S/c22-16-6-8-17(9-7-16)26-18(14-23-21(26)29)20(28)25-12-10-24(11-13-25)19(27)15-4-2-1-3-5-15/h1-9,14H,10-13H2,(H,23,29). The number of hydrogen-bond donors (Lipinski definition) is 1. The minimum absolute atomic E-state index is 0.0337. The highest BCUT2D eigenvalue weighted by atomic mass is 32.1. The Morgan fingerprint density at radius 1 is 0.862 bits per heavy atom. The van der Waals surface area contributed by atoms with Crippen molar-refractivity contribution in [3.8, 4) is 5.69 Å². The lowest BCUT2D eigenvalue weighted by atomic mass is 10.2. The quantitative estimate of drug-likeness (QED) is 0.674. The van der Waals surface area contributed by atoms with Gasteiger partial charge in [-0.1, -0.05) is 18.2 Å². The van der Waals surface area contributed by atoms with Crippen molar-refractivity contribution < 1.29 is 14.0 Å². The molecule has 1 aliphatic heterocycles. The molecular formula is C21H19FN4O2S. The fourth-order valence-electron chi connectivity index (χ4n) is 3.41. The number of nitrogens with one attached hydrogen (secondary N) is 1. The zero-order valence-electron chi connectivity index (χ0n) is 15.5. The van der Waals surface area contributed by atoms with Gasteiger partial charge in [0, 0.05) is 43.6 Å². The molecule has 2 aromatic carbocycles. The maximum absolute atomic E-state index is 13.3. The maximum Gasteiger partial charge on any atom is 0.272 e. The molecule has 1 fully saturated rings. The van der Waals surface area contributed by atoms with Crippen LogP contribution in [0.2, 0.25) is 0 Å². The molecule has 8 heteroatoms. The van der Waals surface area contributed by atoms with E-state index in [1.807, 2.05) is 18.2 Å². The van der Waals surface area contributed by atoms with Gasteiger partial charge in [-0.3, -0.25) is 14.2 Å². The summed E-state index contributed by atoms with van der Waals surface area (Å²) in [6, 6.07) is 14.9. The van der Waals surface area contributed by atoms with Gasteiger partial charge in [0.2, 0.25) is 0 Å². The second kappa shape index (κ2) is 8.00. The molecule has 2 heterocycles. The molecule has 0 bridgehead atoms. The van der Waals surface area contributed by atoms with E-state index in [0.717, 1.165) is 0 Å². The predicted octanol–water partition coefficient (Wildman–Crippen LogP) is 3.27. The van der Waals surface area contributed by atoms with Crippen LogP contribution < -0.4 is 0 Å². The van der Waals surface area contributed by atoms with Crippen molar-refractivity contribution in [3.05, 3.63) is 82.6 Å². The molecule has 3 aromatic rings. The lowest BCUT2D eigenvalue weighted by molar-refractivity contribution is 0.0531. The van der Waals surface area contributed by atoms with Gasteiger partial charge >= 0.3 is 0 Å². The van der Waals surface area contributed by atoms with Gasteiger partial charge in [0.05, 0.1) is 0 Å². The van der Waals surface area contributed by atoms with E-state index in [1.165, 1.54) is 12.1 Å². The number of benzene rings is 2. The van der Waals surface area contributed by atoms with E-state index in [9.17, 15) is 14.0 Å². The lowest BCUT2D eigenvalue weighted by Crippen LogP contribution is -2.50. The first-order chi connectivity index (χ1) is 14.0. The fourth-order valence-corrected chi connectivity index (χ4v) is 3.67. The van der Waals surface area contributed by atoms with Crippen molar-refractivity contribution >= 4 is 24.0 Å². The summed E-state index contributed by atoms with van der Waals surface area (Å²) in [7, 11) is 0. The SMILES string of the molecule is O=C(c1ccccc1)N1CCN(C(=O)c2c[nH]c(=S)n2-c2ccc(F)cc2)CC1. The van der Waals surface area contributed by atoms with Gasteiger partial charge in [-0.25, -0.2) is 4.39 Å². The minimum atomic E-state index is -0.358. The van der Waals surface area contributed by atoms with Crippen LogP contribution in [-0.2, 0) is 0 Å². The van der Waals surface area contributed by atoms with E-state index in [-0.39, 0.29) is 17.6 Å². The first-order valence-corrected chi connectivity index (χ1v) is 9.65. The Balaban J connectivity index is 1.49. The molecule has 1 N–H and O–H groups in total. The van der Waals surface area contributed by atoms with Gasteiger partial charge in [0.1, 0.15) is 11.5 Å². The summed E-state index contributed by atoms with van der Waals surface area (Å²) in [5, 5.41) is 0. The molecule has 1 aliphatic rings. The second-order valence-corrected chi connectivity index (χ2v) is 7.13. The molecule has 2 amide bonds. The first kappa shape index (κ1) is 19.1. The monoisotopic (exact) mass is 410 g/mol. The average molecular weight is 410 g/mol. The third-order valence-electron chi connectivity index (χ3n) is 4.96. The zero-order valence-corrected chi connectivity index (χ0v) is 16.4. The Bertz CT molecular complexity index is 1080. The number of carbonyl (C=O) groups excluding carboxylic acids is 2. The number of halogens is 1. The number of hydrogen-bond acceptors (Lipinski definition) is 3. The normalized spacial score (nSPS) is 14.1. The second-order valence-electron chi connectivity index (χ2n) is 6.74. The van der Waals surface area contributed by atoms with Crippen LogP contribution in [0.4, 0.5) is 4.39 Å². The van der Waals surface area contributed by atoms with Crippen molar-refractivity contribution in [2.24, 2.45) is 0 Å². The van der Waals surface area contributed by atoms with Crippen LogP contribution >= 0.6 is 12.2 Å². The van der Waals surface area contributed by atoms with Crippen molar-refractivity contribution in [3.63, 3.8) is 0 Å². The summed E-state index contributed by atoms with van der Waals surface area (Å²) in [6.45, 7) is 1.78. The summed E-state index contributed by atoms with van der Waals surface area (Å²) >= 11 is 5.31. The van der Waals surface area contributed by atoms with Gasteiger partial charge in [-0.05, 0) is 48.6 Å². The molecule has 0 saturated carbocycles. The lowest BCUT2D eigenvalue weighted by Gasteiger charge is -2.34. The smallest absolute Gasteiger partial charge is 0.272 e. The molecule has 4 rings (SSSR count). The Morgan fingerprint density at radius 2 is 1.45 bits per heavy atom. The molecular weight excluding hydrogens is 391 g/mol. The zero-order chi connectivity index (χ0) is 20.4. The number of aromatic amines is 1. The summed E-state index contributed by atoms with van der Waals surface area (Å²) in [4.78, 5) is 32.0. The number of piperazine rings is 1. The molecule has 29 heavy (non-hydrogen) atoms. The molecule has 0 atom stereocenters. The van der Waals surface area contributed by atoms with E-state index in [0.29, 0.717) is 47.9 Å². The largest absolute Gasteiger partial charge is 0.336 e. The van der Waals surface area contributed by atoms with Crippen molar-refractivity contribution in [2.75, 3.05) is 26.2 Å². The van der Waals surface area contributed by atoms with Crippen LogP contribution in [0.25, 0.3) is 5.69 Å². The maximum atomic E-state index is 13.3. The van der Waals surface area contributed by atoms with Gasteiger partial charge in [-0.2, -0.15) is 0 Å². The van der Waals surface area contributed by atoms with Crippen LogP contribution in [0.3, 0.4) is 0 Å². The van der Waals surface area contributed by atoms with Gasteiger partial charge < -0.3 is 14.8 Å². The van der Waals surface area contributed by atoms with E-state index < -0.39 is 0 Å². The van der Waals surface area contributed by atoms with Gasteiger partial charge in [0.25, 0.3) is 11.8 Å². The Hall–Kier alpha value is -3.26. The number of rotatable bonds is 3. The third-order valence-corrected chi connectivity index (χ3v) is 5.26. The molecule has 0 unspecified atom stereocenters. The molecule has 0 radical (unpaired) electrons. The summed E-state index contributed by atoms with van der Waals surface area (Å²) in [5.41, 5.74) is 1.63. The van der Waals surface area contributed by atoms with E-state index in [2.05, 4.69) is 4.98 Å². The highest BCUT2D eigenvalue weighted by Gasteiger charge is 2.27. The first-order valence-electron chi connectivity index (χ1n) is 9.24. The molecule has 6 nitrogen and oxygen atoms in total. The van der Waals surface area contributed by atoms with E-state index in [4.69, 9.17) is 12.2 Å². The predicted molar refractivity (Wildman–Crippen MR) is 109 cm³/mol. The Kier molecular flexibility index (Phi) is 5.26. The number of aromatic nitrogens is 2. The highest BCUT2D eigenvalue weighted by molar-refractivity contribution is 7.71. The number of carbonyl (C=O) groups is 2.